The molecule has 0 saturated carbocycles. The van der Waals surface area contributed by atoms with Crippen molar-refractivity contribution in [2.75, 3.05) is 0 Å². The van der Waals surface area contributed by atoms with Gasteiger partial charge in [0.2, 0.25) is 0 Å². The Labute approximate surface area is 181 Å². The Morgan fingerprint density at radius 1 is 0.900 bits per heavy atom. The highest BCUT2D eigenvalue weighted by Gasteiger charge is 2.21. The summed E-state index contributed by atoms with van der Waals surface area (Å²) in [6.45, 7) is 8.57. The number of fused-ring (bicyclic) bond motifs is 1. The number of hydrogen-bond acceptors (Lipinski definition) is 6. The molecule has 5 nitrogen and oxygen atoms in total. The van der Waals surface area contributed by atoms with Gasteiger partial charge in [-0.2, -0.15) is 0 Å². The summed E-state index contributed by atoms with van der Waals surface area (Å²) in [6, 6.07) is 14.1. The molecule has 0 spiro atoms. The van der Waals surface area contributed by atoms with E-state index in [4.69, 9.17) is 21.4 Å². The van der Waals surface area contributed by atoms with E-state index >= 15 is 0 Å². The molecule has 2 unspecified atom stereocenters. The molecule has 30 heavy (non-hydrogen) atoms. The summed E-state index contributed by atoms with van der Waals surface area (Å²) >= 11 is 1.67. The van der Waals surface area contributed by atoms with Crippen LogP contribution in [0.2, 0.25) is 0 Å². The SMILES string of the molecule is CC(N)C(N)c1nc(-c2ccncc2)nc2cc(-c3ccc(C(C)(C)C)cc3)sc12. The van der Waals surface area contributed by atoms with Crippen molar-refractivity contribution >= 4 is 21.6 Å². The molecule has 0 aliphatic rings. The Morgan fingerprint density at radius 3 is 2.17 bits per heavy atom. The minimum absolute atomic E-state index is 0.126. The van der Waals surface area contributed by atoms with Gasteiger partial charge in [0.25, 0.3) is 0 Å². The van der Waals surface area contributed by atoms with E-state index in [0.717, 1.165) is 31.9 Å². The standard InChI is InChI=1S/C24H27N5S/c1-14(25)20(26)21-22-18(28-23(29-21)16-9-11-27-12-10-16)13-19(30-22)15-5-7-17(8-6-15)24(2,3)4/h5-14,20H,25-26H2,1-4H3. The molecule has 3 heterocycles. The van der Waals surface area contributed by atoms with Crippen LogP contribution in [0, 0.1) is 0 Å². The first-order valence-electron chi connectivity index (χ1n) is 10.1. The monoisotopic (exact) mass is 417 g/mol. The first kappa shape index (κ1) is 20.6. The zero-order chi connectivity index (χ0) is 21.5. The second kappa shape index (κ2) is 7.87. The van der Waals surface area contributed by atoms with Crippen molar-refractivity contribution in [2.24, 2.45) is 11.5 Å². The van der Waals surface area contributed by atoms with Crippen LogP contribution in [0.15, 0.2) is 54.9 Å². The first-order chi connectivity index (χ1) is 14.2. The van der Waals surface area contributed by atoms with Crippen molar-refractivity contribution < 1.29 is 0 Å². The maximum absolute atomic E-state index is 6.45. The third-order valence-electron chi connectivity index (χ3n) is 5.25. The van der Waals surface area contributed by atoms with E-state index < -0.39 is 0 Å². The topological polar surface area (TPSA) is 90.7 Å². The van der Waals surface area contributed by atoms with Crippen molar-refractivity contribution in [1.29, 1.82) is 0 Å². The minimum atomic E-state index is -0.370. The Bertz CT molecular complexity index is 1160. The van der Waals surface area contributed by atoms with Crippen LogP contribution in [0.4, 0.5) is 0 Å². The lowest BCUT2D eigenvalue weighted by atomic mass is 9.86. The summed E-state index contributed by atoms with van der Waals surface area (Å²) in [7, 11) is 0. The fourth-order valence-electron chi connectivity index (χ4n) is 3.33. The molecule has 154 valence electrons. The van der Waals surface area contributed by atoms with Gasteiger partial charge in [0, 0.05) is 28.9 Å². The Hall–Kier alpha value is -2.67. The largest absolute Gasteiger partial charge is 0.326 e. The molecule has 4 N–H and O–H groups in total. The first-order valence-corrected chi connectivity index (χ1v) is 10.9. The molecule has 2 atom stereocenters. The van der Waals surface area contributed by atoms with Gasteiger partial charge in [-0.05, 0) is 41.7 Å². The van der Waals surface area contributed by atoms with Crippen molar-refractivity contribution in [2.45, 2.75) is 45.2 Å². The van der Waals surface area contributed by atoms with Crippen molar-refractivity contribution in [3.63, 3.8) is 0 Å². The lowest BCUT2D eigenvalue weighted by Gasteiger charge is -2.18. The number of nitrogens with two attached hydrogens (primary N) is 2. The minimum Gasteiger partial charge on any atom is -0.326 e. The summed E-state index contributed by atoms with van der Waals surface area (Å²) in [5.41, 5.74) is 17.8. The fourth-order valence-corrected chi connectivity index (χ4v) is 4.47. The molecule has 0 aliphatic carbocycles. The van der Waals surface area contributed by atoms with Crippen molar-refractivity contribution in [3.8, 4) is 21.8 Å². The Balaban J connectivity index is 1.85. The summed E-state index contributed by atoms with van der Waals surface area (Å²) in [4.78, 5) is 14.9. The summed E-state index contributed by atoms with van der Waals surface area (Å²) in [6.07, 6.45) is 3.48. The normalized spacial score (nSPS) is 14.1. The molecule has 6 heteroatoms. The third-order valence-corrected chi connectivity index (χ3v) is 6.45. The van der Waals surface area contributed by atoms with Crippen LogP contribution < -0.4 is 11.5 Å². The Kier molecular flexibility index (Phi) is 5.40. The molecule has 1 aromatic carbocycles. The van der Waals surface area contributed by atoms with Crippen LogP contribution in [0.3, 0.4) is 0 Å². The third kappa shape index (κ3) is 3.99. The summed E-state index contributed by atoms with van der Waals surface area (Å²) < 4.78 is 0.993. The second-order valence-electron chi connectivity index (χ2n) is 8.71. The van der Waals surface area contributed by atoms with Gasteiger partial charge < -0.3 is 11.5 Å². The number of pyridine rings is 1. The predicted molar refractivity (Wildman–Crippen MR) is 125 cm³/mol. The van der Waals surface area contributed by atoms with Gasteiger partial charge >= 0.3 is 0 Å². The van der Waals surface area contributed by atoms with Crippen LogP contribution in [0.1, 0.15) is 45.0 Å². The number of thiophene rings is 1. The van der Waals surface area contributed by atoms with E-state index in [2.05, 4.69) is 56.1 Å². The molecule has 0 radical (unpaired) electrons. The van der Waals surface area contributed by atoms with Crippen LogP contribution in [-0.2, 0) is 5.41 Å². The quantitative estimate of drug-likeness (QED) is 0.484. The molecule has 0 aliphatic heterocycles. The number of rotatable bonds is 4. The van der Waals surface area contributed by atoms with E-state index in [1.165, 1.54) is 5.56 Å². The number of aromatic nitrogens is 3. The molecule has 0 saturated heterocycles. The molecule has 4 rings (SSSR count). The zero-order valence-corrected chi connectivity index (χ0v) is 18.6. The van der Waals surface area contributed by atoms with Crippen LogP contribution in [0.5, 0.6) is 0 Å². The summed E-state index contributed by atoms with van der Waals surface area (Å²) in [5, 5.41) is 0. The highest BCUT2D eigenvalue weighted by Crippen LogP contribution is 2.37. The molecule has 4 aromatic rings. The molecule has 0 fully saturated rings. The molecular weight excluding hydrogens is 390 g/mol. The number of nitrogens with zero attached hydrogens (tertiary/aromatic N) is 3. The number of benzene rings is 1. The van der Waals surface area contributed by atoms with Crippen LogP contribution in [-0.4, -0.2) is 21.0 Å². The van der Waals surface area contributed by atoms with E-state index in [-0.39, 0.29) is 17.5 Å². The average molecular weight is 418 g/mol. The van der Waals surface area contributed by atoms with Crippen molar-refractivity contribution in [3.05, 3.63) is 66.1 Å². The number of hydrogen-bond donors (Lipinski definition) is 2. The lowest BCUT2D eigenvalue weighted by Crippen LogP contribution is -2.32. The predicted octanol–water partition coefficient (Wildman–Crippen LogP) is 5.06. The van der Waals surface area contributed by atoms with Crippen LogP contribution in [0.25, 0.3) is 32.0 Å². The maximum atomic E-state index is 6.45. The smallest absolute Gasteiger partial charge is 0.160 e. The van der Waals surface area contributed by atoms with Gasteiger partial charge in [0.15, 0.2) is 5.82 Å². The van der Waals surface area contributed by atoms with E-state index in [0.29, 0.717) is 5.82 Å². The van der Waals surface area contributed by atoms with Gasteiger partial charge in [0.1, 0.15) is 0 Å². The van der Waals surface area contributed by atoms with Crippen molar-refractivity contribution in [1.82, 2.24) is 15.0 Å². The van der Waals surface area contributed by atoms with Crippen LogP contribution >= 0.6 is 11.3 Å². The molecule has 3 aromatic heterocycles. The highest BCUT2D eigenvalue weighted by atomic mass is 32.1. The van der Waals surface area contributed by atoms with E-state index in [9.17, 15) is 0 Å². The molecular formula is C24H27N5S. The fraction of sp³-hybridized carbons (Fsp3) is 0.292. The average Bonchev–Trinajstić information content (AvgIpc) is 3.17. The summed E-state index contributed by atoms with van der Waals surface area (Å²) in [5.74, 6) is 0.642. The van der Waals surface area contributed by atoms with Gasteiger partial charge in [-0.3, -0.25) is 4.98 Å². The van der Waals surface area contributed by atoms with E-state index in [1.807, 2.05) is 19.1 Å². The molecule has 0 bridgehead atoms. The van der Waals surface area contributed by atoms with Gasteiger partial charge in [-0.1, -0.05) is 45.0 Å². The van der Waals surface area contributed by atoms with Gasteiger partial charge in [-0.25, -0.2) is 9.97 Å². The molecule has 0 amide bonds. The van der Waals surface area contributed by atoms with Gasteiger partial charge in [0.05, 0.1) is 22.0 Å². The highest BCUT2D eigenvalue weighted by molar-refractivity contribution is 7.22. The Morgan fingerprint density at radius 2 is 1.57 bits per heavy atom. The zero-order valence-electron chi connectivity index (χ0n) is 17.8. The van der Waals surface area contributed by atoms with E-state index in [1.54, 1.807) is 23.7 Å². The maximum Gasteiger partial charge on any atom is 0.160 e. The second-order valence-corrected chi connectivity index (χ2v) is 9.76. The van der Waals surface area contributed by atoms with Gasteiger partial charge in [-0.15, -0.1) is 11.3 Å². The lowest BCUT2D eigenvalue weighted by molar-refractivity contribution is 0.579.